The molecule has 0 radical (unpaired) electrons. The molecule has 20 heteroatoms. The molecule has 1 saturated carbocycles. The number of ether oxygens (including phenoxy) is 1. The van der Waals surface area contributed by atoms with E-state index in [9.17, 15) is 0 Å². The van der Waals surface area contributed by atoms with Crippen molar-refractivity contribution in [2.75, 3.05) is 216 Å². The number of rotatable bonds is 0. The number of piperidine rings is 7. The molecule has 0 aromatic carbocycles. The molecule has 21 fully saturated rings. The Balaban J connectivity index is 0.000000143. The molecule has 0 aromatic heterocycles. The minimum absolute atomic E-state index is 0.291. The fraction of sp³-hybridized carbons (Fsp3) is 1.00. The SMILES string of the molecule is CC(C)(C)N1C2CCCC1CNC2.CC(C)(C)N1CC2CCCC2C1.CC(C)(C)N1CC2CNC(C2)C1.CC(C)(C)N1CCC2CNCC2C1.CC(C)(C)N1CCC2COCC(C1)N2.CC(C)(C)N1CCCC2(CCNCC2)C1.CC(C)(C)N1CCCC2CCCN2C1.CC(C)(C)N1CCCC2CCNC2C1.CC(C)(C)N1CCN2CCC1CC2.CC(C)(C)N1CCN2CCCCC2C1. The van der Waals surface area contributed by atoms with E-state index in [-0.39, 0.29) is 0 Å². The minimum atomic E-state index is 0.291. The maximum Gasteiger partial charge on any atom is 0.0633 e. The minimum Gasteiger partial charge on any atom is -0.378 e. The van der Waals surface area contributed by atoms with E-state index in [1.165, 1.54) is 357 Å². The van der Waals surface area contributed by atoms with Crippen LogP contribution in [0.15, 0.2) is 0 Å². The molecule has 14 unspecified atom stereocenters. The van der Waals surface area contributed by atoms with E-state index in [0.717, 1.165) is 97.6 Å². The van der Waals surface area contributed by atoms with E-state index >= 15 is 0 Å². The zero-order valence-corrected chi connectivity index (χ0v) is 94.4. The van der Waals surface area contributed by atoms with Crippen molar-refractivity contribution < 1.29 is 4.74 Å². The molecule has 1 aliphatic carbocycles. The molecular weight excluding hydrogens is 1650 g/mol. The number of hydrogen-bond donors (Lipinski definition) is 6. The Morgan fingerprint density at radius 3 is 1.37 bits per heavy atom. The van der Waals surface area contributed by atoms with Crippen LogP contribution in [0.1, 0.15) is 368 Å². The Morgan fingerprint density at radius 1 is 0.269 bits per heavy atom. The summed E-state index contributed by atoms with van der Waals surface area (Å²) in [5.74, 6) is 5.87. The Kier molecular flexibility index (Phi) is 42.0. The number of hydrogen-bond acceptors (Lipinski definition) is 20. The van der Waals surface area contributed by atoms with Gasteiger partial charge in [-0.25, -0.2) is 0 Å². The summed E-state index contributed by atoms with van der Waals surface area (Å²) in [7, 11) is 0. The lowest BCUT2D eigenvalue weighted by Crippen LogP contribution is -2.65. The van der Waals surface area contributed by atoms with Crippen LogP contribution in [0, 0.1) is 40.9 Å². The molecule has 6 N–H and O–H groups in total. The van der Waals surface area contributed by atoms with Crippen LogP contribution in [0.25, 0.3) is 0 Å². The summed E-state index contributed by atoms with van der Waals surface area (Å²) >= 11 is 0. The van der Waals surface area contributed by atoms with Crippen LogP contribution < -0.4 is 31.9 Å². The molecule has 134 heavy (non-hydrogen) atoms. The number of fused-ring (bicyclic) bond motifs is 15. The van der Waals surface area contributed by atoms with Gasteiger partial charge in [0.15, 0.2) is 0 Å². The summed E-state index contributed by atoms with van der Waals surface area (Å²) in [5, 5.41) is 21.4. The topological polar surface area (TPSA) is 124 Å². The molecule has 14 atom stereocenters. The quantitative estimate of drug-likeness (QED) is 0.138. The average Bonchev–Trinajstić information content (AvgIpc) is 1.43. The van der Waals surface area contributed by atoms with Gasteiger partial charge in [0.1, 0.15) is 0 Å². The second kappa shape index (κ2) is 49.6. The van der Waals surface area contributed by atoms with Gasteiger partial charge in [0.25, 0.3) is 0 Å². The number of likely N-dealkylation sites (tertiary alicyclic amines) is 5. The van der Waals surface area contributed by atoms with Crippen molar-refractivity contribution >= 4 is 0 Å². The van der Waals surface area contributed by atoms with Gasteiger partial charge in [-0.05, 0) is 482 Å². The van der Waals surface area contributed by atoms with Crippen LogP contribution in [-0.2, 0) is 4.74 Å². The monoisotopic (exact) mass is 1880 g/mol. The molecule has 21 aliphatic rings. The van der Waals surface area contributed by atoms with Gasteiger partial charge in [0.05, 0.1) is 19.9 Å². The van der Waals surface area contributed by atoms with Crippen molar-refractivity contribution in [2.24, 2.45) is 40.9 Å². The predicted molar refractivity (Wildman–Crippen MR) is 575 cm³/mol. The molecular formula is C114H227N19O. The van der Waals surface area contributed by atoms with Gasteiger partial charge < -0.3 is 41.5 Å². The molecule has 20 aliphatic heterocycles. The lowest BCUT2D eigenvalue weighted by molar-refractivity contribution is -0.0198. The first-order chi connectivity index (χ1) is 62.6. The smallest absolute Gasteiger partial charge is 0.0633 e. The highest BCUT2D eigenvalue weighted by Crippen LogP contribution is 2.43. The molecule has 8 bridgehead atoms. The maximum absolute atomic E-state index is 5.59. The Morgan fingerprint density at radius 2 is 0.769 bits per heavy atom. The second-order valence-electron chi connectivity index (χ2n) is 56.8. The summed E-state index contributed by atoms with van der Waals surface area (Å²) < 4.78 is 5.59. The molecule has 20 saturated heterocycles. The lowest BCUT2D eigenvalue weighted by Gasteiger charge is -2.53. The van der Waals surface area contributed by atoms with Crippen LogP contribution >= 0.6 is 0 Å². The van der Waals surface area contributed by atoms with Crippen LogP contribution in [-0.4, -0.2) is 390 Å². The Bertz CT molecular complexity index is 3200. The first-order valence-electron chi connectivity index (χ1n) is 57.3. The van der Waals surface area contributed by atoms with Crippen molar-refractivity contribution in [3.63, 3.8) is 0 Å². The van der Waals surface area contributed by atoms with Gasteiger partial charge in [-0.15, -0.1) is 0 Å². The van der Waals surface area contributed by atoms with E-state index in [4.69, 9.17) is 4.74 Å². The van der Waals surface area contributed by atoms with Gasteiger partial charge in [0.2, 0.25) is 0 Å². The van der Waals surface area contributed by atoms with Gasteiger partial charge >= 0.3 is 0 Å². The van der Waals surface area contributed by atoms with Crippen molar-refractivity contribution in [3.05, 3.63) is 0 Å². The van der Waals surface area contributed by atoms with Crippen LogP contribution in [0.5, 0.6) is 0 Å². The third-order valence-electron chi connectivity index (χ3n) is 36.4. The van der Waals surface area contributed by atoms with E-state index in [0.29, 0.717) is 72.9 Å². The average molecular weight is 1880 g/mol. The van der Waals surface area contributed by atoms with Crippen LogP contribution in [0.3, 0.4) is 0 Å². The highest BCUT2D eigenvalue weighted by Gasteiger charge is 2.47. The van der Waals surface area contributed by atoms with Gasteiger partial charge in [-0.3, -0.25) is 58.8 Å². The van der Waals surface area contributed by atoms with E-state index in [1.807, 2.05) is 0 Å². The first-order valence-corrected chi connectivity index (χ1v) is 57.3. The largest absolute Gasteiger partial charge is 0.378 e. The van der Waals surface area contributed by atoms with Crippen molar-refractivity contribution in [1.82, 2.24) is 95.6 Å². The molecule has 20 heterocycles. The Hall–Kier alpha value is -0.800. The predicted octanol–water partition coefficient (Wildman–Crippen LogP) is 17.3. The number of nitrogens with zero attached hydrogens (tertiary/aromatic N) is 13. The fourth-order valence-electron chi connectivity index (χ4n) is 27.5. The fourth-order valence-corrected chi connectivity index (χ4v) is 27.5. The maximum atomic E-state index is 5.59. The summed E-state index contributed by atoms with van der Waals surface area (Å²) in [5.41, 5.74) is 4.22. The van der Waals surface area contributed by atoms with Crippen molar-refractivity contribution in [2.45, 2.75) is 478 Å². The number of piperazine rings is 2. The lowest BCUT2D eigenvalue weighted by atomic mass is 9.72. The summed E-state index contributed by atoms with van der Waals surface area (Å²) in [6.45, 7) is 111. The van der Waals surface area contributed by atoms with E-state index < -0.39 is 0 Å². The third-order valence-corrected chi connectivity index (χ3v) is 36.4. The van der Waals surface area contributed by atoms with Gasteiger partial charge in [-0.1, -0.05) is 19.3 Å². The normalized spacial score (nSPS) is 34.3. The zero-order chi connectivity index (χ0) is 97.6. The summed E-state index contributed by atoms with van der Waals surface area (Å²) in [6.07, 6.45) is 35.3. The molecule has 21 rings (SSSR count). The Labute approximate surface area is 830 Å². The molecule has 1 spiro atoms. The third kappa shape index (κ3) is 34.7. The van der Waals surface area contributed by atoms with Gasteiger partial charge in [0, 0.05) is 214 Å². The highest BCUT2D eigenvalue weighted by atomic mass is 16.5. The molecule has 20 nitrogen and oxygen atoms in total. The zero-order valence-electron chi connectivity index (χ0n) is 94.4. The van der Waals surface area contributed by atoms with Gasteiger partial charge in [-0.2, -0.15) is 0 Å². The second-order valence-corrected chi connectivity index (χ2v) is 56.8. The van der Waals surface area contributed by atoms with Crippen LogP contribution in [0.4, 0.5) is 0 Å². The van der Waals surface area contributed by atoms with Crippen LogP contribution in [0.2, 0.25) is 0 Å². The highest BCUT2D eigenvalue weighted by molar-refractivity contribution is 5.03. The molecule has 0 aromatic rings. The standard InChI is InChI=1S/C13H26N2.3C12H24N2.C11H22N2O.3C11H22N2.C11H21N.C10H20N2/c1-12(2,3)15-10-4-5-13(11-15)6-8-14-9-7-13;1-12(2,3)14-9-5-7-11-6-4-8-13(11)10-14;1-12(2,3)14-8-4-5-10-6-7-13-11(10)9-14;1-12(2,3)14-9-8-13-7-5-4-6-11(13)10-14;1-11(2,3)13-5-4-9-7-14-8-10(6-13)12-9;1-11(2,3)13-9-8-12-6-4-10(13)5-7-12;1-11(2,3)13-5-4-9-6-12-7-10(9)8-13;1-11(2,3)13-9-5-4-6-10(13)8-12-7-9;1-11(2,3)12-7-9-5-4-6-10(9)8-12;1-10(2,3)12-6-8-4-9(7-12)11-5-8/h14H,4-11H2,1-3H3;11H,4-10H2,1-3H3;10-11,13H,4-9H2,1-3H3;11H,4-10H2,1-3H3;9-10,12H,4-8H2,1-3H3;10H,4-9H2,1-3H3;2*9-10,12H,4-8H2,1-3H3;9-10H,4-8H2,1-3H3;8-9,11H,4-7H2,1-3H3. The number of nitrogens with one attached hydrogen (secondary N) is 6. The van der Waals surface area contributed by atoms with Crippen molar-refractivity contribution in [3.8, 4) is 0 Å². The summed E-state index contributed by atoms with van der Waals surface area (Å²) in [6, 6.07) is 6.90. The molecule has 0 amide bonds. The van der Waals surface area contributed by atoms with Crippen molar-refractivity contribution in [1.29, 1.82) is 0 Å². The number of morpholine rings is 1. The first kappa shape index (κ1) is 114. The molecule has 784 valence electrons. The van der Waals surface area contributed by atoms with E-state index in [2.05, 4.69) is 303 Å². The summed E-state index contributed by atoms with van der Waals surface area (Å²) in [4.78, 5) is 34.6. The van der Waals surface area contributed by atoms with E-state index in [1.54, 1.807) is 0 Å².